The zero-order chi connectivity index (χ0) is 24.8. The summed E-state index contributed by atoms with van der Waals surface area (Å²) in [5, 5.41) is 3.01. The second-order valence-electron chi connectivity index (χ2n) is 9.53. The summed E-state index contributed by atoms with van der Waals surface area (Å²) < 4.78 is 11.3. The minimum absolute atomic E-state index is 0.146. The van der Waals surface area contributed by atoms with Gasteiger partial charge in [-0.1, -0.05) is 25.1 Å². The Balaban J connectivity index is 2.31. The van der Waals surface area contributed by atoms with Crippen LogP contribution in [0.5, 0.6) is 11.5 Å². The molecule has 2 rings (SSSR count). The number of nitrogens with zero attached hydrogens (tertiary/aromatic N) is 1. The van der Waals surface area contributed by atoms with Crippen molar-refractivity contribution < 1.29 is 19.1 Å². The summed E-state index contributed by atoms with van der Waals surface area (Å²) in [6.45, 7) is 13.8. The van der Waals surface area contributed by atoms with E-state index in [1.807, 2.05) is 78.8 Å². The number of carbonyl (C=O) groups is 2. The van der Waals surface area contributed by atoms with Crippen LogP contribution in [-0.4, -0.2) is 42.0 Å². The van der Waals surface area contributed by atoms with Crippen molar-refractivity contribution in [2.24, 2.45) is 0 Å². The highest BCUT2D eigenvalue weighted by Crippen LogP contribution is 2.24. The van der Waals surface area contributed by atoms with Gasteiger partial charge in [0.1, 0.15) is 17.5 Å². The Morgan fingerprint density at radius 3 is 2.39 bits per heavy atom. The van der Waals surface area contributed by atoms with Gasteiger partial charge in [0.2, 0.25) is 5.91 Å². The lowest BCUT2D eigenvalue weighted by Crippen LogP contribution is -2.54. The molecule has 0 aliphatic carbocycles. The molecule has 6 heteroatoms. The van der Waals surface area contributed by atoms with Crippen LogP contribution in [0.3, 0.4) is 0 Å². The van der Waals surface area contributed by atoms with E-state index in [1.54, 1.807) is 12.0 Å². The Labute approximate surface area is 198 Å². The van der Waals surface area contributed by atoms with Gasteiger partial charge >= 0.3 is 0 Å². The number of carbonyl (C=O) groups excluding carboxylic acids is 2. The molecule has 0 bridgehead atoms. The molecule has 0 spiro atoms. The number of benzene rings is 2. The quantitative estimate of drug-likeness (QED) is 0.595. The van der Waals surface area contributed by atoms with E-state index >= 15 is 0 Å². The first-order valence-corrected chi connectivity index (χ1v) is 11.4. The average Bonchev–Trinajstić information content (AvgIpc) is 2.73. The molecule has 1 N–H and O–H groups in total. The first-order chi connectivity index (χ1) is 15.4. The molecule has 0 aliphatic heterocycles. The summed E-state index contributed by atoms with van der Waals surface area (Å²) in [5.74, 6) is 0.972. The highest BCUT2D eigenvalue weighted by molar-refractivity contribution is 5.88. The lowest BCUT2D eigenvalue weighted by Gasteiger charge is -2.33. The second-order valence-corrected chi connectivity index (χ2v) is 9.53. The van der Waals surface area contributed by atoms with Crippen molar-refractivity contribution >= 4 is 11.8 Å². The third kappa shape index (κ3) is 7.52. The molecule has 6 nitrogen and oxygen atoms in total. The van der Waals surface area contributed by atoms with Crippen molar-refractivity contribution in [2.75, 3.05) is 13.7 Å². The van der Waals surface area contributed by atoms with E-state index in [0.717, 1.165) is 22.3 Å². The lowest BCUT2D eigenvalue weighted by molar-refractivity contribution is -0.143. The normalized spacial score (nSPS) is 12.1. The molecule has 0 heterocycles. The smallest absolute Gasteiger partial charge is 0.261 e. The molecule has 0 saturated heterocycles. The number of rotatable bonds is 9. The van der Waals surface area contributed by atoms with Crippen LogP contribution in [0.2, 0.25) is 0 Å². The topological polar surface area (TPSA) is 67.9 Å². The zero-order valence-corrected chi connectivity index (χ0v) is 21.2. The molecule has 1 atom stereocenters. The minimum atomic E-state index is -0.619. The largest absolute Gasteiger partial charge is 0.497 e. The van der Waals surface area contributed by atoms with Gasteiger partial charge in [-0.05, 0) is 88.4 Å². The molecule has 33 heavy (non-hydrogen) atoms. The first kappa shape index (κ1) is 26.2. The summed E-state index contributed by atoms with van der Waals surface area (Å²) in [6, 6.07) is 10.9. The van der Waals surface area contributed by atoms with E-state index in [-0.39, 0.29) is 25.0 Å². The Hall–Kier alpha value is -3.02. The van der Waals surface area contributed by atoms with Crippen LogP contribution in [0.15, 0.2) is 36.4 Å². The van der Waals surface area contributed by atoms with Crippen molar-refractivity contribution in [3.8, 4) is 11.5 Å². The third-order valence-electron chi connectivity index (χ3n) is 5.49. The zero-order valence-electron chi connectivity index (χ0n) is 21.2. The van der Waals surface area contributed by atoms with Crippen molar-refractivity contribution in [1.82, 2.24) is 10.2 Å². The Kier molecular flexibility index (Phi) is 8.91. The number of ether oxygens (including phenoxy) is 2. The Morgan fingerprint density at radius 1 is 1.09 bits per heavy atom. The highest BCUT2D eigenvalue weighted by Gasteiger charge is 2.31. The fraction of sp³-hybridized carbons (Fsp3) is 0.481. The Morgan fingerprint density at radius 2 is 1.79 bits per heavy atom. The predicted molar refractivity (Wildman–Crippen MR) is 132 cm³/mol. The van der Waals surface area contributed by atoms with Crippen LogP contribution in [-0.2, 0) is 16.1 Å². The molecule has 2 aromatic rings. The molecular weight excluding hydrogens is 416 g/mol. The fourth-order valence-corrected chi connectivity index (χ4v) is 3.71. The van der Waals surface area contributed by atoms with Crippen molar-refractivity contribution in [2.45, 2.75) is 73.0 Å². The van der Waals surface area contributed by atoms with E-state index in [0.29, 0.717) is 17.9 Å². The Bertz CT molecular complexity index is 979. The molecule has 0 radical (unpaired) electrons. The molecule has 0 aliphatic rings. The van der Waals surface area contributed by atoms with Crippen LogP contribution >= 0.6 is 0 Å². The standard InChI is InChI=1S/C27H38N2O4/c1-9-23(26(31)28-27(5,6)7)29(16-21-11-10-12-22(15-21)32-8)25(30)17-33-24-14-18(2)13-19(3)20(24)4/h10-15,23H,9,16-17H2,1-8H3,(H,28,31)/t23-/m1/s1. The van der Waals surface area contributed by atoms with E-state index < -0.39 is 11.6 Å². The molecule has 0 saturated carbocycles. The van der Waals surface area contributed by atoms with Gasteiger partial charge < -0.3 is 19.7 Å². The molecular formula is C27H38N2O4. The molecule has 0 fully saturated rings. The monoisotopic (exact) mass is 454 g/mol. The van der Waals surface area contributed by atoms with E-state index in [2.05, 4.69) is 11.4 Å². The van der Waals surface area contributed by atoms with E-state index in [1.165, 1.54) is 0 Å². The van der Waals surface area contributed by atoms with Crippen LogP contribution in [0, 0.1) is 20.8 Å². The molecule has 0 aromatic heterocycles. The van der Waals surface area contributed by atoms with Crippen molar-refractivity contribution in [1.29, 1.82) is 0 Å². The van der Waals surface area contributed by atoms with Gasteiger partial charge in [0.05, 0.1) is 7.11 Å². The van der Waals surface area contributed by atoms with Gasteiger partial charge in [-0.15, -0.1) is 0 Å². The number of methoxy groups -OCH3 is 1. The lowest BCUT2D eigenvalue weighted by atomic mass is 10.1. The SMILES string of the molecule is CC[C@H](C(=O)NC(C)(C)C)N(Cc1cccc(OC)c1)C(=O)COc1cc(C)cc(C)c1C. The summed E-state index contributed by atoms with van der Waals surface area (Å²) in [6.07, 6.45) is 0.486. The van der Waals surface area contributed by atoms with Gasteiger partial charge in [-0.3, -0.25) is 9.59 Å². The average molecular weight is 455 g/mol. The maximum atomic E-state index is 13.4. The van der Waals surface area contributed by atoms with Gasteiger partial charge in [0.15, 0.2) is 6.61 Å². The summed E-state index contributed by atoms with van der Waals surface area (Å²) in [7, 11) is 1.60. The van der Waals surface area contributed by atoms with Crippen LogP contribution < -0.4 is 14.8 Å². The molecule has 2 aromatic carbocycles. The minimum Gasteiger partial charge on any atom is -0.497 e. The van der Waals surface area contributed by atoms with Gasteiger partial charge in [0, 0.05) is 12.1 Å². The third-order valence-corrected chi connectivity index (χ3v) is 5.49. The van der Waals surface area contributed by atoms with Crippen molar-refractivity contribution in [3.05, 3.63) is 58.7 Å². The maximum Gasteiger partial charge on any atom is 0.261 e. The number of hydrogen-bond acceptors (Lipinski definition) is 4. The van der Waals surface area contributed by atoms with Crippen LogP contribution in [0.1, 0.15) is 56.4 Å². The molecule has 0 unspecified atom stereocenters. The van der Waals surface area contributed by atoms with E-state index in [9.17, 15) is 9.59 Å². The highest BCUT2D eigenvalue weighted by atomic mass is 16.5. The molecule has 180 valence electrons. The number of amides is 2. The number of aryl methyl sites for hydroxylation is 2. The number of hydrogen-bond donors (Lipinski definition) is 1. The number of nitrogens with one attached hydrogen (secondary N) is 1. The summed E-state index contributed by atoms with van der Waals surface area (Å²) in [5.41, 5.74) is 3.67. The van der Waals surface area contributed by atoms with Crippen molar-refractivity contribution in [3.63, 3.8) is 0 Å². The van der Waals surface area contributed by atoms with Gasteiger partial charge in [0.25, 0.3) is 5.91 Å². The van der Waals surface area contributed by atoms with Crippen LogP contribution in [0.25, 0.3) is 0 Å². The van der Waals surface area contributed by atoms with Gasteiger partial charge in [-0.25, -0.2) is 0 Å². The second kappa shape index (κ2) is 11.2. The van der Waals surface area contributed by atoms with Crippen LogP contribution in [0.4, 0.5) is 0 Å². The predicted octanol–water partition coefficient (Wildman–Crippen LogP) is 4.72. The first-order valence-electron chi connectivity index (χ1n) is 11.4. The van der Waals surface area contributed by atoms with Gasteiger partial charge in [-0.2, -0.15) is 0 Å². The fourth-order valence-electron chi connectivity index (χ4n) is 3.71. The maximum absolute atomic E-state index is 13.4. The molecule has 2 amide bonds. The van der Waals surface area contributed by atoms with E-state index in [4.69, 9.17) is 9.47 Å². The summed E-state index contributed by atoms with van der Waals surface area (Å²) in [4.78, 5) is 28.1. The summed E-state index contributed by atoms with van der Waals surface area (Å²) >= 11 is 0.